The Balaban J connectivity index is 1.65. The van der Waals surface area contributed by atoms with Gasteiger partial charge in [0.15, 0.2) is 4.34 Å². The van der Waals surface area contributed by atoms with Gasteiger partial charge in [-0.05, 0) is 36.8 Å². The van der Waals surface area contributed by atoms with E-state index in [0.717, 1.165) is 21.3 Å². The zero-order valence-corrected chi connectivity index (χ0v) is 15.7. The van der Waals surface area contributed by atoms with Crippen molar-refractivity contribution in [2.75, 3.05) is 12.4 Å². The largest absolute Gasteiger partial charge is 0.497 e. The van der Waals surface area contributed by atoms with Crippen LogP contribution in [0, 0.1) is 10.1 Å². The summed E-state index contributed by atoms with van der Waals surface area (Å²) in [5.74, 6) is 0.787. The van der Waals surface area contributed by atoms with Gasteiger partial charge in [-0.3, -0.25) is 10.1 Å². The van der Waals surface area contributed by atoms with Crippen LogP contribution >= 0.6 is 23.1 Å². The molecule has 134 valence electrons. The second-order valence-electron chi connectivity index (χ2n) is 5.34. The third kappa shape index (κ3) is 4.50. The third-order valence-electron chi connectivity index (χ3n) is 3.58. The van der Waals surface area contributed by atoms with E-state index in [2.05, 4.69) is 15.5 Å². The van der Waals surface area contributed by atoms with Gasteiger partial charge in [-0.15, -0.1) is 10.2 Å². The van der Waals surface area contributed by atoms with Gasteiger partial charge in [-0.2, -0.15) is 0 Å². The molecule has 1 N–H and O–H groups in total. The van der Waals surface area contributed by atoms with E-state index in [4.69, 9.17) is 4.74 Å². The SMILES string of the molecule is COc1ccc(Nc2nnc(S[C@@H](C)c3cccc([N+](=O)[O-])c3)s2)cc1. The van der Waals surface area contributed by atoms with Crippen molar-refractivity contribution in [3.8, 4) is 5.75 Å². The minimum Gasteiger partial charge on any atom is -0.497 e. The summed E-state index contributed by atoms with van der Waals surface area (Å²) >= 11 is 2.95. The van der Waals surface area contributed by atoms with Crippen LogP contribution in [0.15, 0.2) is 52.9 Å². The van der Waals surface area contributed by atoms with Gasteiger partial charge in [0, 0.05) is 23.1 Å². The van der Waals surface area contributed by atoms with Crippen LogP contribution in [0.3, 0.4) is 0 Å². The number of hydrogen-bond donors (Lipinski definition) is 1. The lowest BCUT2D eigenvalue weighted by atomic mass is 10.1. The molecule has 0 amide bonds. The summed E-state index contributed by atoms with van der Waals surface area (Å²) < 4.78 is 5.93. The van der Waals surface area contributed by atoms with E-state index < -0.39 is 0 Å². The maximum atomic E-state index is 10.9. The van der Waals surface area contributed by atoms with Crippen LogP contribution in [0.1, 0.15) is 17.7 Å². The van der Waals surface area contributed by atoms with E-state index >= 15 is 0 Å². The molecule has 1 atom stereocenters. The predicted molar refractivity (Wildman–Crippen MR) is 104 cm³/mol. The molecule has 3 aromatic rings. The molecule has 0 spiro atoms. The van der Waals surface area contributed by atoms with Crippen molar-refractivity contribution in [1.29, 1.82) is 0 Å². The van der Waals surface area contributed by atoms with E-state index in [9.17, 15) is 10.1 Å². The number of nitro groups is 1. The van der Waals surface area contributed by atoms with E-state index in [-0.39, 0.29) is 15.9 Å². The molecule has 26 heavy (non-hydrogen) atoms. The van der Waals surface area contributed by atoms with Crippen LogP contribution in [0.25, 0.3) is 0 Å². The van der Waals surface area contributed by atoms with Crippen LogP contribution in [-0.4, -0.2) is 22.2 Å². The van der Waals surface area contributed by atoms with Crippen molar-refractivity contribution >= 4 is 39.6 Å². The Morgan fingerprint density at radius 2 is 2.00 bits per heavy atom. The molecule has 0 aliphatic carbocycles. The maximum absolute atomic E-state index is 10.9. The molecule has 1 heterocycles. The van der Waals surface area contributed by atoms with Gasteiger partial charge in [0.1, 0.15) is 5.75 Å². The van der Waals surface area contributed by atoms with Crippen molar-refractivity contribution in [2.24, 2.45) is 0 Å². The van der Waals surface area contributed by atoms with Crippen molar-refractivity contribution in [3.05, 3.63) is 64.2 Å². The number of anilines is 2. The summed E-state index contributed by atoms with van der Waals surface area (Å²) in [6, 6.07) is 14.2. The zero-order chi connectivity index (χ0) is 18.5. The predicted octanol–water partition coefficient (Wildman–Crippen LogP) is 5.05. The molecule has 0 bridgehead atoms. The first-order valence-electron chi connectivity index (χ1n) is 7.71. The first kappa shape index (κ1) is 18.2. The highest BCUT2D eigenvalue weighted by molar-refractivity contribution is 8.01. The van der Waals surface area contributed by atoms with E-state index in [1.54, 1.807) is 19.2 Å². The highest BCUT2D eigenvalue weighted by Gasteiger charge is 2.15. The average Bonchev–Trinajstić information content (AvgIpc) is 3.09. The minimum atomic E-state index is -0.386. The fourth-order valence-corrected chi connectivity index (χ4v) is 4.25. The molecule has 0 aliphatic heterocycles. The van der Waals surface area contributed by atoms with Gasteiger partial charge < -0.3 is 10.1 Å². The Morgan fingerprint density at radius 3 is 2.69 bits per heavy atom. The summed E-state index contributed by atoms with van der Waals surface area (Å²) in [6.07, 6.45) is 0. The average molecular weight is 388 g/mol. The quantitative estimate of drug-likeness (QED) is 0.344. The molecule has 0 unspecified atom stereocenters. The Kier molecular flexibility index (Phi) is 5.69. The smallest absolute Gasteiger partial charge is 0.269 e. The lowest BCUT2D eigenvalue weighted by molar-refractivity contribution is -0.384. The highest BCUT2D eigenvalue weighted by Crippen LogP contribution is 2.38. The van der Waals surface area contributed by atoms with Gasteiger partial charge in [0.05, 0.1) is 12.0 Å². The summed E-state index contributed by atoms with van der Waals surface area (Å²) in [4.78, 5) is 10.5. The Hall–Kier alpha value is -2.65. The number of benzene rings is 2. The zero-order valence-electron chi connectivity index (χ0n) is 14.1. The van der Waals surface area contributed by atoms with E-state index in [1.807, 2.05) is 37.3 Å². The summed E-state index contributed by atoms with van der Waals surface area (Å²) in [6.45, 7) is 1.99. The summed E-state index contributed by atoms with van der Waals surface area (Å²) in [5.41, 5.74) is 1.86. The fraction of sp³-hybridized carbons (Fsp3) is 0.176. The topological polar surface area (TPSA) is 90.2 Å². The third-order valence-corrected chi connectivity index (χ3v) is 5.66. The molecule has 0 saturated carbocycles. The molecule has 1 aromatic heterocycles. The standard InChI is InChI=1S/C17H16N4O3S2/c1-11(12-4-3-5-14(10-12)21(22)23)25-17-20-19-16(26-17)18-13-6-8-15(24-2)9-7-13/h3-11H,1-2H3,(H,18,19)/t11-/m0/s1. The Morgan fingerprint density at radius 1 is 1.23 bits per heavy atom. The lowest BCUT2D eigenvalue weighted by Crippen LogP contribution is -1.92. The first-order chi connectivity index (χ1) is 12.5. The van der Waals surface area contributed by atoms with Gasteiger partial charge in [-0.1, -0.05) is 35.2 Å². The van der Waals surface area contributed by atoms with Gasteiger partial charge >= 0.3 is 0 Å². The number of hydrogen-bond acceptors (Lipinski definition) is 8. The van der Waals surface area contributed by atoms with Crippen LogP contribution in [0.2, 0.25) is 0 Å². The summed E-state index contributed by atoms with van der Waals surface area (Å²) in [7, 11) is 1.62. The number of non-ortho nitro benzene ring substituents is 1. The van der Waals surface area contributed by atoms with Crippen molar-refractivity contribution < 1.29 is 9.66 Å². The van der Waals surface area contributed by atoms with Gasteiger partial charge in [0.2, 0.25) is 5.13 Å². The molecular weight excluding hydrogens is 372 g/mol. The molecule has 9 heteroatoms. The number of nitro benzene ring substituents is 1. The number of thioether (sulfide) groups is 1. The fourth-order valence-electron chi connectivity index (χ4n) is 2.22. The van der Waals surface area contributed by atoms with Gasteiger partial charge in [-0.25, -0.2) is 0 Å². The first-order valence-corrected chi connectivity index (χ1v) is 9.40. The normalized spacial score (nSPS) is 11.8. The van der Waals surface area contributed by atoms with Crippen molar-refractivity contribution in [1.82, 2.24) is 10.2 Å². The number of nitrogens with zero attached hydrogens (tertiary/aromatic N) is 3. The molecule has 7 nitrogen and oxygen atoms in total. The number of aromatic nitrogens is 2. The number of rotatable bonds is 7. The molecule has 0 aliphatic rings. The van der Waals surface area contributed by atoms with Crippen LogP contribution < -0.4 is 10.1 Å². The Bertz CT molecular complexity index is 899. The maximum Gasteiger partial charge on any atom is 0.269 e. The van der Waals surface area contributed by atoms with Crippen molar-refractivity contribution in [3.63, 3.8) is 0 Å². The molecule has 3 rings (SSSR count). The monoisotopic (exact) mass is 388 g/mol. The summed E-state index contributed by atoms with van der Waals surface area (Å²) in [5, 5.41) is 23.1. The number of methoxy groups -OCH3 is 1. The van der Waals surface area contributed by atoms with E-state index in [1.165, 1.54) is 29.2 Å². The number of ether oxygens (including phenoxy) is 1. The second kappa shape index (κ2) is 8.15. The van der Waals surface area contributed by atoms with Crippen LogP contribution in [0.4, 0.5) is 16.5 Å². The molecule has 0 fully saturated rings. The molecular formula is C17H16N4O3S2. The lowest BCUT2D eigenvalue weighted by Gasteiger charge is -2.08. The van der Waals surface area contributed by atoms with Crippen LogP contribution in [-0.2, 0) is 0 Å². The molecule has 2 aromatic carbocycles. The molecule has 0 saturated heterocycles. The minimum absolute atomic E-state index is 0.0247. The van der Waals surface area contributed by atoms with Gasteiger partial charge in [0.25, 0.3) is 5.69 Å². The van der Waals surface area contributed by atoms with Crippen LogP contribution in [0.5, 0.6) is 5.75 Å². The second-order valence-corrected chi connectivity index (χ2v) is 7.90. The highest BCUT2D eigenvalue weighted by atomic mass is 32.2. The molecule has 0 radical (unpaired) electrons. The van der Waals surface area contributed by atoms with E-state index in [0.29, 0.717) is 5.13 Å². The number of nitrogens with one attached hydrogen (secondary N) is 1. The Labute approximate surface area is 158 Å². The van der Waals surface area contributed by atoms with Crippen molar-refractivity contribution in [2.45, 2.75) is 16.5 Å².